The highest BCUT2D eigenvalue weighted by Gasteiger charge is 2.60. The third-order valence-electron chi connectivity index (χ3n) is 5.66. The number of aliphatic hydroxyl groups is 2. The van der Waals surface area contributed by atoms with Gasteiger partial charge in [0.05, 0.1) is 19.2 Å². The van der Waals surface area contributed by atoms with Crippen molar-refractivity contribution < 1.29 is 32.9 Å². The normalized spacial score (nSPS) is 23.3. The molecular weight excluding hydrogens is 387 g/mol. The van der Waals surface area contributed by atoms with Gasteiger partial charge in [-0.1, -0.05) is 30.3 Å². The van der Waals surface area contributed by atoms with Crippen molar-refractivity contribution in [2.24, 2.45) is 0 Å². The molecule has 29 heavy (non-hydrogen) atoms. The number of ether oxygens (including phenoxy) is 1. The Kier molecular flexibility index (Phi) is 4.78. The Morgan fingerprint density at radius 1 is 1.14 bits per heavy atom. The summed E-state index contributed by atoms with van der Waals surface area (Å²) in [4.78, 5) is 13.4. The third-order valence-corrected chi connectivity index (χ3v) is 5.66. The van der Waals surface area contributed by atoms with E-state index in [-0.39, 0.29) is 48.6 Å². The number of carbonyl (C=O) groups is 1. The van der Waals surface area contributed by atoms with Crippen LogP contribution in [0.1, 0.15) is 24.0 Å². The van der Waals surface area contributed by atoms with E-state index in [1.807, 2.05) is 0 Å². The van der Waals surface area contributed by atoms with E-state index in [1.54, 1.807) is 18.2 Å². The van der Waals surface area contributed by atoms with Crippen molar-refractivity contribution in [2.75, 3.05) is 19.8 Å². The zero-order valence-corrected chi connectivity index (χ0v) is 15.4. The number of fused-ring (bicyclic) bond motifs is 3. The number of aliphatic hydroxyl groups excluding tert-OH is 1. The Labute approximate surface area is 165 Å². The van der Waals surface area contributed by atoms with Gasteiger partial charge in [0.15, 0.2) is 0 Å². The Bertz CT molecular complexity index is 946. The first-order valence-electron chi connectivity index (χ1n) is 9.34. The van der Waals surface area contributed by atoms with Crippen LogP contribution in [0.4, 0.5) is 13.2 Å². The van der Waals surface area contributed by atoms with Gasteiger partial charge in [-0.25, -0.2) is 0 Å². The first-order valence-corrected chi connectivity index (χ1v) is 9.34. The molecule has 0 spiro atoms. The van der Waals surface area contributed by atoms with Crippen LogP contribution in [0.2, 0.25) is 0 Å². The maximum atomic E-state index is 13.9. The van der Waals surface area contributed by atoms with Crippen molar-refractivity contribution in [1.29, 1.82) is 0 Å². The summed E-state index contributed by atoms with van der Waals surface area (Å²) in [7, 11) is 0. The van der Waals surface area contributed by atoms with Crippen molar-refractivity contribution in [3.8, 4) is 16.9 Å². The van der Waals surface area contributed by atoms with Crippen molar-refractivity contribution in [3.05, 3.63) is 53.6 Å². The van der Waals surface area contributed by atoms with Crippen molar-refractivity contribution >= 4 is 5.91 Å². The minimum atomic E-state index is -4.90. The molecule has 0 bridgehead atoms. The number of hydrogen-bond acceptors (Lipinski definition) is 4. The molecule has 2 aliphatic rings. The minimum absolute atomic E-state index is 0.0679. The third kappa shape index (κ3) is 3.07. The summed E-state index contributed by atoms with van der Waals surface area (Å²) in [5.41, 5.74) is -2.93. The summed E-state index contributed by atoms with van der Waals surface area (Å²) < 4.78 is 47.2. The molecule has 2 aromatic carbocycles. The van der Waals surface area contributed by atoms with Gasteiger partial charge in [0.2, 0.25) is 11.5 Å². The standard InChI is InChI=1S/C21H20F3NO4/c22-21(23,24)20(28)17-4-2-1-3-15(17)16-7-6-14(11-18(16)20)29-10-9-25-13(12-26)5-8-19(25)27/h1-4,6-7,11,13,26,28H,5,8-10,12H2. The van der Waals surface area contributed by atoms with Crippen LogP contribution in [0.5, 0.6) is 5.75 Å². The number of rotatable bonds is 5. The minimum Gasteiger partial charge on any atom is -0.492 e. The van der Waals surface area contributed by atoms with E-state index < -0.39 is 11.8 Å². The molecule has 1 aliphatic carbocycles. The fraction of sp³-hybridized carbons (Fsp3) is 0.381. The van der Waals surface area contributed by atoms with Gasteiger partial charge in [0, 0.05) is 17.5 Å². The van der Waals surface area contributed by atoms with Crippen molar-refractivity contribution in [2.45, 2.75) is 30.7 Å². The maximum Gasteiger partial charge on any atom is 0.425 e. The van der Waals surface area contributed by atoms with Crippen molar-refractivity contribution in [3.63, 3.8) is 0 Å². The highest BCUT2D eigenvalue weighted by Crippen LogP contribution is 2.55. The molecule has 2 N–H and O–H groups in total. The second-order valence-electron chi connectivity index (χ2n) is 7.27. The van der Waals surface area contributed by atoms with Crippen LogP contribution in [-0.2, 0) is 10.4 Å². The molecule has 1 heterocycles. The molecule has 0 radical (unpaired) electrons. The van der Waals surface area contributed by atoms with Gasteiger partial charge in [-0.05, 0) is 29.7 Å². The van der Waals surface area contributed by atoms with E-state index in [0.29, 0.717) is 24.0 Å². The molecule has 2 atom stereocenters. The van der Waals surface area contributed by atoms with Gasteiger partial charge < -0.3 is 19.8 Å². The lowest BCUT2D eigenvalue weighted by Crippen LogP contribution is -2.41. The lowest BCUT2D eigenvalue weighted by Gasteiger charge is -2.28. The number of halogens is 3. The number of benzene rings is 2. The predicted octanol–water partition coefficient (Wildman–Crippen LogP) is 2.83. The second-order valence-corrected chi connectivity index (χ2v) is 7.27. The molecule has 5 nitrogen and oxygen atoms in total. The first-order chi connectivity index (χ1) is 13.8. The largest absolute Gasteiger partial charge is 0.492 e. The summed E-state index contributed by atoms with van der Waals surface area (Å²) in [6.45, 7) is 0.158. The molecule has 1 saturated heterocycles. The number of alkyl halides is 3. The zero-order valence-electron chi connectivity index (χ0n) is 15.4. The van der Waals surface area contributed by atoms with Crippen LogP contribution in [0.15, 0.2) is 42.5 Å². The molecule has 1 amide bonds. The summed E-state index contributed by atoms with van der Waals surface area (Å²) in [5, 5.41) is 20.0. The van der Waals surface area contributed by atoms with E-state index >= 15 is 0 Å². The average Bonchev–Trinajstić information content (AvgIpc) is 3.18. The fourth-order valence-corrected chi connectivity index (χ4v) is 4.18. The first kappa shape index (κ1) is 19.7. The van der Waals surface area contributed by atoms with Crippen LogP contribution in [-0.4, -0.2) is 53.0 Å². The molecule has 0 aromatic heterocycles. The summed E-state index contributed by atoms with van der Waals surface area (Å²) in [5.74, 6) is 0.0925. The number of nitrogens with zero attached hydrogens (tertiary/aromatic N) is 1. The molecule has 1 aliphatic heterocycles. The van der Waals surface area contributed by atoms with Gasteiger partial charge in [-0.3, -0.25) is 4.79 Å². The monoisotopic (exact) mass is 407 g/mol. The lowest BCUT2D eigenvalue weighted by molar-refractivity contribution is -0.246. The van der Waals surface area contributed by atoms with Gasteiger partial charge in [-0.15, -0.1) is 0 Å². The topological polar surface area (TPSA) is 70.0 Å². The maximum absolute atomic E-state index is 13.9. The van der Waals surface area contributed by atoms with Gasteiger partial charge in [0.1, 0.15) is 12.4 Å². The molecule has 1 fully saturated rings. The second kappa shape index (κ2) is 7.03. The number of likely N-dealkylation sites (tertiary alicyclic amines) is 1. The van der Waals surface area contributed by atoms with E-state index in [1.165, 1.54) is 29.2 Å². The Morgan fingerprint density at radius 3 is 2.59 bits per heavy atom. The number of hydrogen-bond donors (Lipinski definition) is 2. The lowest BCUT2D eigenvalue weighted by atomic mass is 9.91. The SMILES string of the molecule is O=C1CCC(CO)N1CCOc1ccc2c(c1)C(O)(C(F)(F)F)c1ccccc1-2. The van der Waals surface area contributed by atoms with Crippen LogP contribution >= 0.6 is 0 Å². The molecule has 0 saturated carbocycles. The summed E-state index contributed by atoms with van der Waals surface area (Å²) >= 11 is 0. The van der Waals surface area contributed by atoms with Crippen molar-refractivity contribution in [1.82, 2.24) is 4.90 Å². The molecule has 2 aromatic rings. The molecule has 154 valence electrons. The summed E-state index contributed by atoms with van der Waals surface area (Å²) in [6.07, 6.45) is -3.96. The molecule has 8 heteroatoms. The zero-order chi connectivity index (χ0) is 20.8. The van der Waals surface area contributed by atoms with Crippen LogP contribution in [0.25, 0.3) is 11.1 Å². The van der Waals surface area contributed by atoms with Gasteiger partial charge in [-0.2, -0.15) is 13.2 Å². The van der Waals surface area contributed by atoms with E-state index in [4.69, 9.17) is 4.74 Å². The average molecular weight is 407 g/mol. The number of carbonyl (C=O) groups excluding carboxylic acids is 1. The van der Waals surface area contributed by atoms with E-state index in [0.717, 1.165) is 0 Å². The molecular formula is C21H20F3NO4. The van der Waals surface area contributed by atoms with Gasteiger partial charge in [0.25, 0.3) is 0 Å². The predicted molar refractivity (Wildman–Crippen MR) is 98.2 cm³/mol. The Morgan fingerprint density at radius 2 is 1.86 bits per heavy atom. The van der Waals surface area contributed by atoms with Crippen LogP contribution in [0.3, 0.4) is 0 Å². The van der Waals surface area contributed by atoms with Crippen LogP contribution < -0.4 is 4.74 Å². The number of amides is 1. The fourth-order valence-electron chi connectivity index (χ4n) is 4.18. The smallest absolute Gasteiger partial charge is 0.425 e. The molecule has 4 rings (SSSR count). The van der Waals surface area contributed by atoms with E-state index in [2.05, 4.69) is 0 Å². The summed E-state index contributed by atoms with van der Waals surface area (Å²) in [6, 6.07) is 9.92. The highest BCUT2D eigenvalue weighted by atomic mass is 19.4. The molecule has 2 unspecified atom stereocenters. The van der Waals surface area contributed by atoms with E-state index in [9.17, 15) is 28.2 Å². The Hall–Kier alpha value is -2.58. The van der Waals surface area contributed by atoms with Crippen LogP contribution in [0, 0.1) is 0 Å². The highest BCUT2D eigenvalue weighted by molar-refractivity contribution is 5.81. The Balaban J connectivity index is 1.58. The quantitative estimate of drug-likeness (QED) is 0.800. The van der Waals surface area contributed by atoms with Gasteiger partial charge >= 0.3 is 6.18 Å².